The molecule has 1 atom stereocenters. The molecule has 28 heavy (non-hydrogen) atoms. The van der Waals surface area contributed by atoms with Crippen molar-refractivity contribution in [3.05, 3.63) is 64.7 Å². The Kier molecular flexibility index (Phi) is 5.36. The van der Waals surface area contributed by atoms with E-state index >= 15 is 0 Å². The van der Waals surface area contributed by atoms with Gasteiger partial charge in [0, 0.05) is 12.1 Å². The minimum Gasteiger partial charge on any atom is -0.494 e. The summed E-state index contributed by atoms with van der Waals surface area (Å²) in [7, 11) is 0. The number of carbonyl (C=O) groups is 2. The van der Waals surface area contributed by atoms with E-state index in [9.17, 15) is 18.4 Å². The van der Waals surface area contributed by atoms with Gasteiger partial charge < -0.3 is 10.1 Å². The number of hydrogen-bond acceptors (Lipinski definition) is 3. The summed E-state index contributed by atoms with van der Waals surface area (Å²) in [5.41, 5.74) is 0.325. The van der Waals surface area contributed by atoms with E-state index in [0.29, 0.717) is 13.0 Å². The van der Waals surface area contributed by atoms with Gasteiger partial charge in [0.2, 0.25) is 0 Å². The number of nitrogens with one attached hydrogen (secondary N) is 1. The first-order chi connectivity index (χ1) is 13.2. The second-order valence-corrected chi connectivity index (χ2v) is 7.16. The molecule has 0 spiro atoms. The molecule has 0 aliphatic carbocycles. The number of hydrogen-bond donors (Lipinski definition) is 1. The van der Waals surface area contributed by atoms with Crippen LogP contribution in [-0.4, -0.2) is 30.0 Å². The summed E-state index contributed by atoms with van der Waals surface area (Å²) in [6, 6.07) is 8.05. The lowest BCUT2D eigenvalue weighted by molar-refractivity contribution is -0.131. The lowest BCUT2D eigenvalue weighted by atomic mass is 9.91. The standard InChI is InChI=1S/C21H22F2N2O3/c1-13-9-14(2)11-16(10-13)28-8-4-7-25-19(26)21(3,24-20(25)27)17-12-15(22)5-6-18(17)23/h5-6,9-12H,4,7-8H2,1-3H3,(H,24,27). The molecule has 3 rings (SSSR count). The zero-order valence-electron chi connectivity index (χ0n) is 16.0. The molecule has 148 valence electrons. The molecule has 1 unspecified atom stereocenters. The van der Waals surface area contributed by atoms with Crippen LogP contribution in [0.1, 0.15) is 30.0 Å². The Labute approximate surface area is 162 Å². The Balaban J connectivity index is 1.64. The minimum absolute atomic E-state index is 0.113. The molecular weight excluding hydrogens is 366 g/mol. The van der Waals surface area contributed by atoms with E-state index in [0.717, 1.165) is 40.0 Å². The summed E-state index contributed by atoms with van der Waals surface area (Å²) in [5.74, 6) is -1.33. The molecule has 5 nitrogen and oxygen atoms in total. The zero-order chi connectivity index (χ0) is 20.5. The van der Waals surface area contributed by atoms with Crippen molar-refractivity contribution in [3.8, 4) is 5.75 Å². The van der Waals surface area contributed by atoms with E-state index in [-0.39, 0.29) is 12.1 Å². The number of halogens is 2. The smallest absolute Gasteiger partial charge is 0.325 e. The first-order valence-electron chi connectivity index (χ1n) is 9.01. The van der Waals surface area contributed by atoms with Crippen LogP contribution in [-0.2, 0) is 10.3 Å². The molecule has 1 fully saturated rings. The maximum atomic E-state index is 14.1. The Morgan fingerprint density at radius 3 is 2.43 bits per heavy atom. The van der Waals surface area contributed by atoms with Gasteiger partial charge in [-0.2, -0.15) is 0 Å². The predicted octanol–water partition coefficient (Wildman–Crippen LogP) is 3.82. The van der Waals surface area contributed by atoms with E-state index in [4.69, 9.17) is 4.74 Å². The second-order valence-electron chi connectivity index (χ2n) is 7.16. The van der Waals surface area contributed by atoms with Crippen LogP contribution in [0.4, 0.5) is 13.6 Å². The lowest BCUT2D eigenvalue weighted by Gasteiger charge is -2.22. The van der Waals surface area contributed by atoms with Crippen molar-refractivity contribution in [2.24, 2.45) is 0 Å². The van der Waals surface area contributed by atoms with E-state index in [1.54, 1.807) is 0 Å². The average molecular weight is 388 g/mol. The van der Waals surface area contributed by atoms with E-state index in [2.05, 4.69) is 5.32 Å². The molecule has 1 aliphatic heterocycles. The van der Waals surface area contributed by atoms with Crippen LogP contribution in [0.5, 0.6) is 5.75 Å². The molecule has 0 saturated carbocycles. The Hall–Kier alpha value is -2.96. The van der Waals surface area contributed by atoms with Gasteiger partial charge in [-0.15, -0.1) is 0 Å². The highest BCUT2D eigenvalue weighted by Crippen LogP contribution is 2.31. The number of amides is 3. The number of imide groups is 1. The fraction of sp³-hybridized carbons (Fsp3) is 0.333. The lowest BCUT2D eigenvalue weighted by Crippen LogP contribution is -2.42. The fourth-order valence-electron chi connectivity index (χ4n) is 3.39. The quantitative estimate of drug-likeness (QED) is 0.605. The minimum atomic E-state index is -1.64. The monoisotopic (exact) mass is 388 g/mol. The van der Waals surface area contributed by atoms with Gasteiger partial charge in [-0.3, -0.25) is 9.69 Å². The third kappa shape index (κ3) is 3.83. The zero-order valence-corrected chi connectivity index (χ0v) is 16.0. The van der Waals surface area contributed by atoms with Crippen molar-refractivity contribution >= 4 is 11.9 Å². The molecule has 0 aromatic heterocycles. The number of carbonyl (C=O) groups excluding carboxylic acids is 2. The number of urea groups is 1. The predicted molar refractivity (Wildman–Crippen MR) is 100.0 cm³/mol. The number of benzene rings is 2. The van der Waals surface area contributed by atoms with Gasteiger partial charge in [-0.1, -0.05) is 6.07 Å². The highest BCUT2D eigenvalue weighted by atomic mass is 19.1. The molecule has 0 bridgehead atoms. The van der Waals surface area contributed by atoms with E-state index in [1.807, 2.05) is 32.0 Å². The second kappa shape index (κ2) is 7.58. The topological polar surface area (TPSA) is 58.6 Å². The van der Waals surface area contributed by atoms with Gasteiger partial charge in [-0.25, -0.2) is 13.6 Å². The van der Waals surface area contributed by atoms with Gasteiger partial charge in [-0.05, 0) is 68.7 Å². The van der Waals surface area contributed by atoms with Crippen LogP contribution in [0.15, 0.2) is 36.4 Å². The Morgan fingerprint density at radius 2 is 1.75 bits per heavy atom. The summed E-state index contributed by atoms with van der Waals surface area (Å²) in [5, 5.41) is 2.48. The number of aryl methyl sites for hydroxylation is 2. The van der Waals surface area contributed by atoms with Crippen LogP contribution >= 0.6 is 0 Å². The summed E-state index contributed by atoms with van der Waals surface area (Å²) in [4.78, 5) is 26.0. The molecule has 7 heteroatoms. The molecule has 2 aromatic carbocycles. The van der Waals surface area contributed by atoms with Gasteiger partial charge in [0.1, 0.15) is 22.9 Å². The third-order valence-corrected chi connectivity index (χ3v) is 4.73. The van der Waals surface area contributed by atoms with Crippen molar-refractivity contribution in [1.82, 2.24) is 10.2 Å². The maximum absolute atomic E-state index is 14.1. The Morgan fingerprint density at radius 1 is 1.07 bits per heavy atom. The van der Waals surface area contributed by atoms with E-state index in [1.165, 1.54) is 6.92 Å². The maximum Gasteiger partial charge on any atom is 0.325 e. The summed E-state index contributed by atoms with van der Waals surface area (Å²) in [6.07, 6.45) is 0.411. The molecule has 1 N–H and O–H groups in total. The van der Waals surface area contributed by atoms with Crippen LogP contribution in [0.2, 0.25) is 0 Å². The summed E-state index contributed by atoms with van der Waals surface area (Å²) >= 11 is 0. The molecule has 0 radical (unpaired) electrons. The third-order valence-electron chi connectivity index (χ3n) is 4.73. The number of ether oxygens (including phenoxy) is 1. The van der Waals surface area contributed by atoms with Crippen molar-refractivity contribution < 1.29 is 23.1 Å². The van der Waals surface area contributed by atoms with Gasteiger partial charge in [0.25, 0.3) is 5.91 Å². The molecule has 2 aromatic rings. The summed E-state index contributed by atoms with van der Waals surface area (Å²) < 4.78 is 33.4. The number of nitrogens with zero attached hydrogens (tertiary/aromatic N) is 1. The first kappa shape index (κ1) is 19.8. The largest absolute Gasteiger partial charge is 0.494 e. The molecule has 1 saturated heterocycles. The van der Waals surface area contributed by atoms with Crippen molar-refractivity contribution in [2.75, 3.05) is 13.2 Å². The average Bonchev–Trinajstić information content (AvgIpc) is 2.83. The molecular formula is C21H22F2N2O3. The highest BCUT2D eigenvalue weighted by Gasteiger charge is 2.50. The van der Waals surface area contributed by atoms with Crippen LogP contribution in [0.3, 0.4) is 0 Å². The van der Waals surface area contributed by atoms with Crippen LogP contribution < -0.4 is 10.1 Å². The number of rotatable bonds is 6. The van der Waals surface area contributed by atoms with Crippen molar-refractivity contribution in [1.29, 1.82) is 0 Å². The van der Waals surface area contributed by atoms with Crippen LogP contribution in [0.25, 0.3) is 0 Å². The molecule has 3 amide bonds. The Bertz CT molecular complexity index is 912. The van der Waals surface area contributed by atoms with E-state index < -0.39 is 29.1 Å². The normalized spacial score (nSPS) is 19.1. The van der Waals surface area contributed by atoms with Gasteiger partial charge >= 0.3 is 6.03 Å². The highest BCUT2D eigenvalue weighted by molar-refractivity contribution is 6.07. The van der Waals surface area contributed by atoms with Crippen molar-refractivity contribution in [3.63, 3.8) is 0 Å². The van der Waals surface area contributed by atoms with Gasteiger partial charge in [0.15, 0.2) is 0 Å². The summed E-state index contributed by atoms with van der Waals surface area (Å²) in [6.45, 7) is 5.74. The van der Waals surface area contributed by atoms with Crippen molar-refractivity contribution in [2.45, 2.75) is 32.7 Å². The van der Waals surface area contributed by atoms with Gasteiger partial charge in [0.05, 0.1) is 6.61 Å². The first-order valence-corrected chi connectivity index (χ1v) is 9.01. The molecule has 1 heterocycles. The molecule has 1 aliphatic rings. The van der Waals surface area contributed by atoms with Crippen LogP contribution in [0, 0.1) is 25.5 Å². The fourth-order valence-corrected chi connectivity index (χ4v) is 3.39. The SMILES string of the molecule is Cc1cc(C)cc(OCCCN2C(=O)NC(C)(c3cc(F)ccc3F)C2=O)c1.